The molecule has 3 N–H and O–H groups in total. The average molecular weight is 243 g/mol. The predicted octanol–water partition coefficient (Wildman–Crippen LogP) is 2.07. The summed E-state index contributed by atoms with van der Waals surface area (Å²) in [6, 6.07) is 7.55. The second kappa shape index (κ2) is 4.74. The molecule has 0 amide bonds. The van der Waals surface area contributed by atoms with Crippen molar-refractivity contribution < 1.29 is 0 Å². The number of nitrogens with two attached hydrogens (primary N) is 1. The Hall–Kier alpha value is -1.94. The van der Waals surface area contributed by atoms with E-state index in [1.165, 1.54) is 11.1 Å². The average Bonchev–Trinajstić information content (AvgIpc) is 2.33. The Morgan fingerprint density at radius 3 is 2.56 bits per heavy atom. The minimum absolute atomic E-state index is 0.224. The van der Waals surface area contributed by atoms with Gasteiger partial charge in [0.25, 0.3) is 5.56 Å². The van der Waals surface area contributed by atoms with Crippen LogP contribution in [0.15, 0.2) is 29.1 Å². The summed E-state index contributed by atoms with van der Waals surface area (Å²) in [6.45, 7) is 5.90. The minimum atomic E-state index is -0.304. The molecule has 0 aliphatic carbocycles. The number of hydrogen-bond donors (Lipinski definition) is 2. The Bertz CT molecular complexity index is 629. The minimum Gasteiger partial charge on any atom is -0.324 e. The molecule has 4 heteroatoms. The Morgan fingerprint density at radius 2 is 1.94 bits per heavy atom. The van der Waals surface area contributed by atoms with E-state index < -0.39 is 0 Å². The Kier molecular flexibility index (Phi) is 3.30. The first-order chi connectivity index (χ1) is 8.49. The third-order valence-corrected chi connectivity index (χ3v) is 3.13. The van der Waals surface area contributed by atoms with Gasteiger partial charge in [-0.25, -0.2) is 5.10 Å². The van der Waals surface area contributed by atoms with Gasteiger partial charge in [-0.1, -0.05) is 12.1 Å². The van der Waals surface area contributed by atoms with Crippen molar-refractivity contribution in [3.63, 3.8) is 0 Å². The van der Waals surface area contributed by atoms with Gasteiger partial charge in [0.05, 0.1) is 5.69 Å². The van der Waals surface area contributed by atoms with Crippen LogP contribution in [0, 0.1) is 13.8 Å². The fourth-order valence-electron chi connectivity index (χ4n) is 1.81. The summed E-state index contributed by atoms with van der Waals surface area (Å²) in [5.74, 6) is 0. The van der Waals surface area contributed by atoms with Crippen molar-refractivity contribution in [2.24, 2.45) is 5.73 Å². The summed E-state index contributed by atoms with van der Waals surface area (Å²) in [6.07, 6.45) is 0. The fraction of sp³-hybridized carbons (Fsp3) is 0.286. The van der Waals surface area contributed by atoms with Crippen molar-refractivity contribution in [2.75, 3.05) is 0 Å². The molecule has 0 fully saturated rings. The molecule has 0 radical (unpaired) electrons. The van der Waals surface area contributed by atoms with Crippen molar-refractivity contribution >= 4 is 0 Å². The maximum atomic E-state index is 11.6. The van der Waals surface area contributed by atoms with Crippen LogP contribution in [0.1, 0.15) is 29.7 Å². The highest BCUT2D eigenvalue weighted by Crippen LogP contribution is 2.20. The molecule has 1 heterocycles. The Morgan fingerprint density at radius 1 is 1.22 bits per heavy atom. The molecular formula is C14H17N3O. The molecule has 0 saturated carbocycles. The normalized spacial score (nSPS) is 12.4. The first-order valence-corrected chi connectivity index (χ1v) is 5.92. The molecule has 0 aliphatic heterocycles. The zero-order chi connectivity index (χ0) is 13.3. The van der Waals surface area contributed by atoms with Gasteiger partial charge in [0, 0.05) is 17.2 Å². The number of aromatic nitrogens is 2. The van der Waals surface area contributed by atoms with Crippen molar-refractivity contribution in [1.82, 2.24) is 10.2 Å². The van der Waals surface area contributed by atoms with Gasteiger partial charge in [0.2, 0.25) is 0 Å². The maximum absolute atomic E-state index is 11.6. The molecule has 0 spiro atoms. The molecule has 1 aromatic carbocycles. The van der Waals surface area contributed by atoms with Crippen LogP contribution in [-0.4, -0.2) is 10.2 Å². The van der Waals surface area contributed by atoms with E-state index in [9.17, 15) is 4.79 Å². The van der Waals surface area contributed by atoms with Crippen LogP contribution in [0.5, 0.6) is 0 Å². The molecule has 1 unspecified atom stereocenters. The number of nitrogens with one attached hydrogen (secondary N) is 1. The highest BCUT2D eigenvalue weighted by molar-refractivity contribution is 5.61. The topological polar surface area (TPSA) is 71.8 Å². The summed E-state index contributed by atoms with van der Waals surface area (Å²) in [5, 5.41) is 6.57. The molecule has 4 nitrogen and oxygen atoms in total. The lowest BCUT2D eigenvalue weighted by Gasteiger charge is -2.08. The van der Waals surface area contributed by atoms with Crippen LogP contribution < -0.4 is 11.3 Å². The second-order valence-electron chi connectivity index (χ2n) is 4.63. The van der Waals surface area contributed by atoms with E-state index in [1.54, 1.807) is 13.0 Å². The maximum Gasteiger partial charge on any atom is 0.268 e. The lowest BCUT2D eigenvalue weighted by molar-refractivity contribution is 0.785. The molecule has 2 aromatic rings. The van der Waals surface area contributed by atoms with E-state index in [2.05, 4.69) is 30.1 Å². The molecule has 0 bridgehead atoms. The van der Waals surface area contributed by atoms with E-state index in [0.29, 0.717) is 5.56 Å². The number of nitrogens with zero attached hydrogens (tertiary/aromatic N) is 1. The number of rotatable bonds is 2. The number of benzene rings is 1. The molecule has 1 aromatic heterocycles. The first-order valence-electron chi connectivity index (χ1n) is 5.92. The quantitative estimate of drug-likeness (QED) is 0.848. The second-order valence-corrected chi connectivity index (χ2v) is 4.63. The monoisotopic (exact) mass is 243 g/mol. The van der Waals surface area contributed by atoms with Gasteiger partial charge in [-0.3, -0.25) is 4.79 Å². The molecule has 2 rings (SSSR count). The van der Waals surface area contributed by atoms with Crippen LogP contribution in [0.3, 0.4) is 0 Å². The molecule has 1 atom stereocenters. The highest BCUT2D eigenvalue weighted by Gasteiger charge is 2.09. The summed E-state index contributed by atoms with van der Waals surface area (Å²) in [4.78, 5) is 11.6. The van der Waals surface area contributed by atoms with Crippen LogP contribution in [0.4, 0.5) is 0 Å². The van der Waals surface area contributed by atoms with Crippen LogP contribution in [-0.2, 0) is 0 Å². The van der Waals surface area contributed by atoms with Gasteiger partial charge in [0.15, 0.2) is 0 Å². The van der Waals surface area contributed by atoms with Crippen LogP contribution in [0.2, 0.25) is 0 Å². The largest absolute Gasteiger partial charge is 0.324 e. The van der Waals surface area contributed by atoms with Gasteiger partial charge in [-0.15, -0.1) is 0 Å². The smallest absolute Gasteiger partial charge is 0.268 e. The van der Waals surface area contributed by atoms with E-state index in [0.717, 1.165) is 11.3 Å². The summed E-state index contributed by atoms with van der Waals surface area (Å²) >= 11 is 0. The summed E-state index contributed by atoms with van der Waals surface area (Å²) in [7, 11) is 0. The lowest BCUT2D eigenvalue weighted by Crippen LogP contribution is -2.20. The van der Waals surface area contributed by atoms with Gasteiger partial charge < -0.3 is 5.73 Å². The molecule has 0 saturated heterocycles. The van der Waals surface area contributed by atoms with Crippen molar-refractivity contribution in [1.29, 1.82) is 0 Å². The summed E-state index contributed by atoms with van der Waals surface area (Å²) < 4.78 is 0. The SMILES string of the molecule is Cc1ccc(-c2cc(C(C)N)c(=O)[nH]n2)cc1C. The van der Waals surface area contributed by atoms with E-state index in [-0.39, 0.29) is 11.6 Å². The molecule has 18 heavy (non-hydrogen) atoms. The third-order valence-electron chi connectivity index (χ3n) is 3.13. The van der Waals surface area contributed by atoms with E-state index in [4.69, 9.17) is 5.73 Å². The first kappa shape index (κ1) is 12.5. The van der Waals surface area contributed by atoms with Gasteiger partial charge in [-0.2, -0.15) is 5.10 Å². The summed E-state index contributed by atoms with van der Waals surface area (Å²) in [5.41, 5.74) is 10.2. The zero-order valence-electron chi connectivity index (χ0n) is 10.8. The van der Waals surface area contributed by atoms with Gasteiger partial charge in [-0.05, 0) is 44.0 Å². The van der Waals surface area contributed by atoms with Crippen LogP contribution in [0.25, 0.3) is 11.3 Å². The predicted molar refractivity (Wildman–Crippen MR) is 72.4 cm³/mol. The number of aryl methyl sites for hydroxylation is 2. The van der Waals surface area contributed by atoms with E-state index in [1.807, 2.05) is 12.1 Å². The van der Waals surface area contributed by atoms with E-state index >= 15 is 0 Å². The third kappa shape index (κ3) is 2.33. The van der Waals surface area contributed by atoms with Crippen molar-refractivity contribution in [3.05, 3.63) is 51.3 Å². The van der Waals surface area contributed by atoms with Gasteiger partial charge >= 0.3 is 0 Å². The standard InChI is InChI=1S/C14H17N3O/c1-8-4-5-11(6-9(8)2)13-7-12(10(3)15)14(18)17-16-13/h4-7,10H,15H2,1-3H3,(H,17,18). The highest BCUT2D eigenvalue weighted by atomic mass is 16.1. The number of aromatic amines is 1. The Labute approximate surface area is 106 Å². The van der Waals surface area contributed by atoms with Crippen molar-refractivity contribution in [3.8, 4) is 11.3 Å². The number of hydrogen-bond acceptors (Lipinski definition) is 3. The number of H-pyrrole nitrogens is 1. The van der Waals surface area contributed by atoms with Crippen LogP contribution >= 0.6 is 0 Å². The zero-order valence-corrected chi connectivity index (χ0v) is 10.8. The Balaban J connectivity index is 2.54. The molecular weight excluding hydrogens is 226 g/mol. The molecule has 0 aliphatic rings. The fourth-order valence-corrected chi connectivity index (χ4v) is 1.81. The van der Waals surface area contributed by atoms with Gasteiger partial charge in [0.1, 0.15) is 0 Å². The molecule has 94 valence electrons. The lowest BCUT2D eigenvalue weighted by atomic mass is 10.0. The van der Waals surface area contributed by atoms with Crippen molar-refractivity contribution in [2.45, 2.75) is 26.8 Å².